The van der Waals surface area contributed by atoms with Gasteiger partial charge in [0.2, 0.25) is 0 Å². The Balaban J connectivity index is 2.12. The monoisotopic (exact) mass is 179 g/mol. The predicted molar refractivity (Wildman–Crippen MR) is 52.3 cm³/mol. The molecule has 0 aliphatic heterocycles. The van der Waals surface area contributed by atoms with Gasteiger partial charge in [0.05, 0.1) is 12.2 Å². The second-order valence-electron chi connectivity index (χ2n) is 3.98. The van der Waals surface area contributed by atoms with Crippen LogP contribution in [0.5, 0.6) is 0 Å². The zero-order valence-electron chi connectivity index (χ0n) is 8.11. The summed E-state index contributed by atoms with van der Waals surface area (Å²) in [6.07, 6.45) is 9.24. The van der Waals surface area contributed by atoms with Crippen molar-refractivity contribution in [2.75, 3.05) is 0 Å². The van der Waals surface area contributed by atoms with Crippen LogP contribution in [0.1, 0.15) is 50.3 Å². The third-order valence-electron chi connectivity index (χ3n) is 2.85. The molecule has 1 aliphatic rings. The van der Waals surface area contributed by atoms with Gasteiger partial charge in [-0.05, 0) is 19.8 Å². The van der Waals surface area contributed by atoms with Gasteiger partial charge in [-0.25, -0.2) is 0 Å². The van der Waals surface area contributed by atoms with E-state index in [1.165, 1.54) is 25.7 Å². The first-order chi connectivity index (χ1) is 6.27. The second-order valence-corrected chi connectivity index (χ2v) is 3.98. The molecule has 2 N–H and O–H groups in total. The topological polar surface area (TPSA) is 43.8 Å². The van der Waals surface area contributed by atoms with Crippen molar-refractivity contribution in [2.24, 2.45) is 5.73 Å². The molecule has 1 aliphatic carbocycles. The van der Waals surface area contributed by atoms with Gasteiger partial charge in [-0.3, -0.25) is 4.68 Å². The number of nitrogens with zero attached hydrogens (tertiary/aromatic N) is 2. The number of aromatic nitrogens is 2. The number of hydrogen-bond donors (Lipinski definition) is 1. The van der Waals surface area contributed by atoms with Gasteiger partial charge < -0.3 is 5.73 Å². The molecule has 3 heteroatoms. The fourth-order valence-corrected chi connectivity index (χ4v) is 1.96. The van der Waals surface area contributed by atoms with E-state index in [9.17, 15) is 0 Å². The van der Waals surface area contributed by atoms with Crippen LogP contribution < -0.4 is 5.73 Å². The Morgan fingerprint density at radius 3 is 2.77 bits per heavy atom. The van der Waals surface area contributed by atoms with Crippen LogP contribution in [0.25, 0.3) is 0 Å². The highest BCUT2D eigenvalue weighted by Gasteiger charge is 2.17. The van der Waals surface area contributed by atoms with Gasteiger partial charge in [0.15, 0.2) is 0 Å². The quantitative estimate of drug-likeness (QED) is 0.754. The Morgan fingerprint density at radius 2 is 2.23 bits per heavy atom. The van der Waals surface area contributed by atoms with Crippen LogP contribution >= 0.6 is 0 Å². The number of hydrogen-bond acceptors (Lipinski definition) is 2. The zero-order valence-corrected chi connectivity index (χ0v) is 8.11. The minimum absolute atomic E-state index is 0.107. The van der Waals surface area contributed by atoms with Crippen LogP contribution in [-0.2, 0) is 0 Å². The Morgan fingerprint density at radius 1 is 1.54 bits per heavy atom. The Hall–Kier alpha value is -0.830. The van der Waals surface area contributed by atoms with Gasteiger partial charge in [0, 0.05) is 17.8 Å². The maximum atomic E-state index is 5.77. The van der Waals surface area contributed by atoms with E-state index in [1.54, 1.807) is 0 Å². The summed E-state index contributed by atoms with van der Waals surface area (Å²) in [5.41, 5.74) is 6.92. The molecule has 0 radical (unpaired) electrons. The summed E-state index contributed by atoms with van der Waals surface area (Å²) in [4.78, 5) is 0. The standard InChI is InChI=1S/C10H17N3/c1-8(11)9-6-12-13(7-9)10-4-2-3-5-10/h6-8,10H,2-5,11H2,1H3/t8-/m0/s1. The molecule has 2 rings (SSSR count). The predicted octanol–water partition coefficient (Wildman–Crippen LogP) is 2.02. The van der Waals surface area contributed by atoms with Gasteiger partial charge in [0.25, 0.3) is 0 Å². The molecule has 0 unspecified atom stereocenters. The van der Waals surface area contributed by atoms with E-state index in [1.807, 2.05) is 13.1 Å². The van der Waals surface area contributed by atoms with E-state index in [4.69, 9.17) is 5.73 Å². The van der Waals surface area contributed by atoms with Crippen molar-refractivity contribution in [3.8, 4) is 0 Å². The molecule has 1 aromatic rings. The van der Waals surface area contributed by atoms with Crippen LogP contribution in [0, 0.1) is 0 Å². The van der Waals surface area contributed by atoms with Gasteiger partial charge >= 0.3 is 0 Å². The van der Waals surface area contributed by atoms with E-state index >= 15 is 0 Å². The molecule has 0 saturated heterocycles. The molecule has 13 heavy (non-hydrogen) atoms. The van der Waals surface area contributed by atoms with Crippen LogP contribution in [-0.4, -0.2) is 9.78 Å². The Bertz CT molecular complexity index is 271. The second kappa shape index (κ2) is 3.50. The van der Waals surface area contributed by atoms with Gasteiger partial charge in [-0.15, -0.1) is 0 Å². The van der Waals surface area contributed by atoms with E-state index in [0.29, 0.717) is 6.04 Å². The van der Waals surface area contributed by atoms with Crippen LogP contribution in [0.3, 0.4) is 0 Å². The molecular weight excluding hydrogens is 162 g/mol. The fourth-order valence-electron chi connectivity index (χ4n) is 1.96. The summed E-state index contributed by atoms with van der Waals surface area (Å²) in [7, 11) is 0. The normalized spacial score (nSPS) is 20.8. The molecule has 0 amide bonds. The molecule has 0 spiro atoms. The van der Waals surface area contributed by atoms with Gasteiger partial charge in [-0.2, -0.15) is 5.10 Å². The summed E-state index contributed by atoms with van der Waals surface area (Å²) in [6.45, 7) is 2.00. The maximum Gasteiger partial charge on any atom is 0.0537 e. The lowest BCUT2D eigenvalue weighted by molar-refractivity contribution is 0.466. The number of rotatable bonds is 2. The van der Waals surface area contributed by atoms with Crippen molar-refractivity contribution in [3.63, 3.8) is 0 Å². The third-order valence-corrected chi connectivity index (χ3v) is 2.85. The largest absolute Gasteiger partial charge is 0.324 e. The Labute approximate surface area is 78.9 Å². The smallest absolute Gasteiger partial charge is 0.0537 e. The van der Waals surface area contributed by atoms with Crippen LogP contribution in [0.2, 0.25) is 0 Å². The summed E-state index contributed by atoms with van der Waals surface area (Å²) >= 11 is 0. The maximum absolute atomic E-state index is 5.77. The average molecular weight is 179 g/mol. The molecule has 3 nitrogen and oxygen atoms in total. The van der Waals surface area contributed by atoms with Crippen molar-refractivity contribution >= 4 is 0 Å². The van der Waals surface area contributed by atoms with Crippen molar-refractivity contribution < 1.29 is 0 Å². The highest BCUT2D eigenvalue weighted by Crippen LogP contribution is 2.29. The molecule has 1 heterocycles. The van der Waals surface area contributed by atoms with Crippen molar-refractivity contribution in [3.05, 3.63) is 18.0 Å². The summed E-state index contributed by atoms with van der Waals surface area (Å²) in [5, 5.41) is 4.36. The van der Waals surface area contributed by atoms with E-state index in [0.717, 1.165) is 5.56 Å². The van der Waals surface area contributed by atoms with Crippen LogP contribution in [0.4, 0.5) is 0 Å². The molecule has 1 fully saturated rings. The van der Waals surface area contributed by atoms with Crippen molar-refractivity contribution in [1.82, 2.24) is 9.78 Å². The van der Waals surface area contributed by atoms with E-state index < -0.39 is 0 Å². The minimum atomic E-state index is 0.107. The van der Waals surface area contributed by atoms with Gasteiger partial charge in [0.1, 0.15) is 0 Å². The highest BCUT2D eigenvalue weighted by molar-refractivity contribution is 5.08. The summed E-state index contributed by atoms with van der Waals surface area (Å²) < 4.78 is 2.09. The zero-order chi connectivity index (χ0) is 9.26. The molecule has 1 saturated carbocycles. The van der Waals surface area contributed by atoms with Crippen molar-refractivity contribution in [1.29, 1.82) is 0 Å². The van der Waals surface area contributed by atoms with E-state index in [-0.39, 0.29) is 6.04 Å². The number of nitrogens with two attached hydrogens (primary N) is 1. The third kappa shape index (κ3) is 1.75. The van der Waals surface area contributed by atoms with Crippen molar-refractivity contribution in [2.45, 2.75) is 44.7 Å². The molecule has 1 aromatic heterocycles. The summed E-state index contributed by atoms with van der Waals surface area (Å²) in [6, 6.07) is 0.739. The van der Waals surface area contributed by atoms with E-state index in [2.05, 4.69) is 16.0 Å². The first-order valence-corrected chi connectivity index (χ1v) is 5.07. The van der Waals surface area contributed by atoms with Crippen LogP contribution in [0.15, 0.2) is 12.4 Å². The Kier molecular flexibility index (Phi) is 2.36. The lowest BCUT2D eigenvalue weighted by atomic mass is 10.2. The lowest BCUT2D eigenvalue weighted by Gasteiger charge is -2.08. The SMILES string of the molecule is C[C@H](N)c1cnn(C2CCCC2)c1. The summed E-state index contributed by atoms with van der Waals surface area (Å²) in [5.74, 6) is 0. The molecule has 1 atom stereocenters. The minimum Gasteiger partial charge on any atom is -0.324 e. The molecule has 72 valence electrons. The first-order valence-electron chi connectivity index (χ1n) is 5.07. The molecule has 0 aromatic carbocycles. The highest BCUT2D eigenvalue weighted by atomic mass is 15.3. The molecule has 0 bridgehead atoms. The molecular formula is C10H17N3. The average Bonchev–Trinajstić information content (AvgIpc) is 2.75. The van der Waals surface area contributed by atoms with Gasteiger partial charge in [-0.1, -0.05) is 12.8 Å². The fraction of sp³-hybridized carbons (Fsp3) is 0.700. The first kappa shape index (κ1) is 8.75. The lowest BCUT2D eigenvalue weighted by Crippen LogP contribution is -2.06.